The Balaban J connectivity index is 2.29. The van der Waals surface area contributed by atoms with Gasteiger partial charge in [-0.15, -0.1) is 0 Å². The van der Waals surface area contributed by atoms with Crippen LogP contribution in [-0.4, -0.2) is 51.7 Å². The number of rotatable bonds is 2. The molecule has 2 heterocycles. The molecule has 2 aliphatic rings. The van der Waals surface area contributed by atoms with Crippen molar-refractivity contribution in [3.8, 4) is 0 Å². The largest absolute Gasteiger partial charge is 0.332 e. The first kappa shape index (κ1) is 11.4. The number of carbonyl (C=O) groups excluding carboxylic acids is 3. The third kappa shape index (κ3) is 1.52. The fraction of sp³-hybridized carbons (Fsp3) is 0.700. The molecular formula is C10H14N2O3S. The van der Waals surface area contributed by atoms with Crippen LogP contribution in [0.5, 0.6) is 0 Å². The highest BCUT2D eigenvalue weighted by molar-refractivity contribution is 8.14. The van der Waals surface area contributed by atoms with Gasteiger partial charge < -0.3 is 4.90 Å². The van der Waals surface area contributed by atoms with Gasteiger partial charge in [0.1, 0.15) is 12.1 Å². The summed E-state index contributed by atoms with van der Waals surface area (Å²) in [5.74, 6) is 0.0624. The first-order chi connectivity index (χ1) is 7.57. The van der Waals surface area contributed by atoms with Crippen molar-refractivity contribution in [3.63, 3.8) is 0 Å². The highest BCUT2D eigenvalue weighted by atomic mass is 32.2. The second-order valence-electron chi connectivity index (χ2n) is 4.05. The molecule has 0 aromatic carbocycles. The van der Waals surface area contributed by atoms with E-state index in [4.69, 9.17) is 0 Å². The number of carbonyl (C=O) groups is 3. The number of thioether (sulfide) groups is 1. The summed E-state index contributed by atoms with van der Waals surface area (Å²) in [5.41, 5.74) is 0. The molecule has 0 N–H and O–H groups in total. The van der Waals surface area contributed by atoms with E-state index in [1.807, 2.05) is 6.92 Å². The van der Waals surface area contributed by atoms with E-state index >= 15 is 0 Å². The Bertz CT molecular complexity index is 358. The van der Waals surface area contributed by atoms with Gasteiger partial charge in [-0.25, -0.2) is 0 Å². The van der Waals surface area contributed by atoms with E-state index in [9.17, 15) is 14.4 Å². The summed E-state index contributed by atoms with van der Waals surface area (Å²) in [7, 11) is 1.64. The van der Waals surface area contributed by atoms with Crippen LogP contribution in [-0.2, 0) is 9.59 Å². The van der Waals surface area contributed by atoms with Crippen LogP contribution in [0.3, 0.4) is 0 Å². The van der Waals surface area contributed by atoms with E-state index in [-0.39, 0.29) is 17.1 Å². The van der Waals surface area contributed by atoms with Crippen molar-refractivity contribution in [1.29, 1.82) is 0 Å². The second-order valence-corrected chi connectivity index (χ2v) is 5.03. The lowest BCUT2D eigenvalue weighted by Gasteiger charge is -2.38. The normalized spacial score (nSPS) is 30.0. The number of amides is 3. The first-order valence-electron chi connectivity index (χ1n) is 5.34. The van der Waals surface area contributed by atoms with Gasteiger partial charge in [0.05, 0.1) is 0 Å². The van der Waals surface area contributed by atoms with E-state index < -0.39 is 12.1 Å². The van der Waals surface area contributed by atoms with Crippen LogP contribution in [0, 0.1) is 0 Å². The minimum absolute atomic E-state index is 0.114. The van der Waals surface area contributed by atoms with Crippen molar-refractivity contribution in [2.75, 3.05) is 12.8 Å². The Morgan fingerprint density at radius 1 is 1.31 bits per heavy atom. The zero-order chi connectivity index (χ0) is 11.9. The highest BCUT2D eigenvalue weighted by Crippen LogP contribution is 2.31. The molecule has 2 rings (SSSR count). The summed E-state index contributed by atoms with van der Waals surface area (Å²) in [6.07, 6.45) is 1.43. The van der Waals surface area contributed by atoms with Gasteiger partial charge >= 0.3 is 0 Å². The minimum atomic E-state index is -0.567. The molecule has 0 spiro atoms. The van der Waals surface area contributed by atoms with Gasteiger partial charge in [-0.1, -0.05) is 25.1 Å². The standard InChI is InChI=1S/C10H14N2O3S/c1-3-4-6-9(14)12-7(5-16-10(12)15)8(13)11(6)2/h6-7H,3-5H2,1-2H3. The number of imide groups is 1. The molecule has 0 radical (unpaired) electrons. The molecule has 2 unspecified atom stereocenters. The van der Waals surface area contributed by atoms with Crippen LogP contribution in [0.4, 0.5) is 4.79 Å². The van der Waals surface area contributed by atoms with Gasteiger partial charge in [-0.3, -0.25) is 19.3 Å². The van der Waals surface area contributed by atoms with Crippen LogP contribution in [0.1, 0.15) is 19.8 Å². The summed E-state index contributed by atoms with van der Waals surface area (Å²) in [4.78, 5) is 38.2. The van der Waals surface area contributed by atoms with Crippen LogP contribution >= 0.6 is 11.8 Å². The Morgan fingerprint density at radius 2 is 2.00 bits per heavy atom. The molecule has 3 amide bonds. The SMILES string of the molecule is CCCC1C(=O)N2C(=O)SCC2C(=O)N1C. The predicted molar refractivity (Wildman–Crippen MR) is 60.0 cm³/mol. The first-order valence-corrected chi connectivity index (χ1v) is 6.33. The van der Waals surface area contributed by atoms with Gasteiger partial charge in [0.15, 0.2) is 0 Å². The molecule has 2 saturated heterocycles. The molecule has 5 nitrogen and oxygen atoms in total. The Morgan fingerprint density at radius 3 is 2.62 bits per heavy atom. The average molecular weight is 242 g/mol. The predicted octanol–water partition coefficient (Wildman–Crippen LogP) is 0.691. The maximum Gasteiger partial charge on any atom is 0.289 e. The third-order valence-corrected chi connectivity index (χ3v) is 3.98. The molecule has 0 saturated carbocycles. The zero-order valence-corrected chi connectivity index (χ0v) is 10.1. The number of hydrogen-bond acceptors (Lipinski definition) is 4. The zero-order valence-electron chi connectivity index (χ0n) is 9.30. The van der Waals surface area contributed by atoms with Crippen molar-refractivity contribution >= 4 is 28.8 Å². The fourth-order valence-corrected chi connectivity index (χ4v) is 3.10. The Kier molecular flexibility index (Phi) is 2.92. The van der Waals surface area contributed by atoms with Crippen LogP contribution in [0.15, 0.2) is 0 Å². The maximum atomic E-state index is 12.1. The maximum absolute atomic E-state index is 12.1. The van der Waals surface area contributed by atoms with E-state index in [1.54, 1.807) is 7.05 Å². The Labute approximate surface area is 98.1 Å². The molecule has 0 aliphatic carbocycles. The second kappa shape index (κ2) is 4.08. The number of nitrogens with zero attached hydrogens (tertiary/aromatic N) is 2. The van der Waals surface area contributed by atoms with Gasteiger partial charge in [-0.05, 0) is 6.42 Å². The lowest BCUT2D eigenvalue weighted by atomic mass is 10.0. The van der Waals surface area contributed by atoms with Gasteiger partial charge in [0, 0.05) is 12.8 Å². The summed E-state index contributed by atoms with van der Waals surface area (Å²) in [5, 5.41) is -0.280. The third-order valence-electron chi connectivity index (χ3n) is 3.06. The molecule has 2 fully saturated rings. The van der Waals surface area contributed by atoms with Gasteiger partial charge in [-0.2, -0.15) is 0 Å². The molecule has 6 heteroatoms. The number of likely N-dealkylation sites (N-methyl/N-ethyl adjacent to an activating group) is 1. The average Bonchev–Trinajstić information content (AvgIpc) is 2.64. The highest BCUT2D eigenvalue weighted by Gasteiger charge is 2.50. The van der Waals surface area contributed by atoms with Crippen LogP contribution in [0.2, 0.25) is 0 Å². The molecule has 2 atom stereocenters. The summed E-state index contributed by atoms with van der Waals surface area (Å²) >= 11 is 1.05. The molecule has 0 bridgehead atoms. The van der Waals surface area contributed by atoms with Crippen molar-refractivity contribution in [2.24, 2.45) is 0 Å². The van der Waals surface area contributed by atoms with Crippen molar-refractivity contribution < 1.29 is 14.4 Å². The van der Waals surface area contributed by atoms with Crippen LogP contribution < -0.4 is 0 Å². The molecule has 0 aromatic rings. The van der Waals surface area contributed by atoms with E-state index in [0.29, 0.717) is 12.2 Å². The van der Waals surface area contributed by atoms with Gasteiger partial charge in [0.2, 0.25) is 5.91 Å². The molecule has 0 aromatic heterocycles. The number of fused-ring (bicyclic) bond motifs is 1. The molecule has 16 heavy (non-hydrogen) atoms. The molecular weight excluding hydrogens is 228 g/mol. The van der Waals surface area contributed by atoms with E-state index in [0.717, 1.165) is 23.1 Å². The van der Waals surface area contributed by atoms with Crippen molar-refractivity contribution in [1.82, 2.24) is 9.80 Å². The van der Waals surface area contributed by atoms with Crippen molar-refractivity contribution in [3.05, 3.63) is 0 Å². The Hall–Kier alpha value is -1.04. The summed E-state index contributed by atoms with van der Waals surface area (Å²) in [6, 6.07) is -1.03. The lowest BCUT2D eigenvalue weighted by Crippen LogP contribution is -2.62. The topological polar surface area (TPSA) is 57.7 Å². The number of hydrogen-bond donors (Lipinski definition) is 0. The quantitative estimate of drug-likeness (QED) is 0.715. The van der Waals surface area contributed by atoms with Gasteiger partial charge in [0.25, 0.3) is 11.1 Å². The van der Waals surface area contributed by atoms with Crippen molar-refractivity contribution in [2.45, 2.75) is 31.8 Å². The van der Waals surface area contributed by atoms with Crippen LogP contribution in [0.25, 0.3) is 0 Å². The number of piperazine rings is 1. The molecule has 2 aliphatic heterocycles. The van der Waals surface area contributed by atoms with E-state index in [1.165, 1.54) is 4.90 Å². The summed E-state index contributed by atoms with van der Waals surface area (Å²) < 4.78 is 0. The lowest BCUT2D eigenvalue weighted by molar-refractivity contribution is -0.154. The van der Waals surface area contributed by atoms with E-state index in [2.05, 4.69) is 0 Å². The minimum Gasteiger partial charge on any atom is -0.332 e. The summed E-state index contributed by atoms with van der Waals surface area (Å²) in [6.45, 7) is 1.96. The fourth-order valence-electron chi connectivity index (χ4n) is 2.15. The monoisotopic (exact) mass is 242 g/mol. The molecule has 88 valence electrons. The smallest absolute Gasteiger partial charge is 0.289 e.